The lowest BCUT2D eigenvalue weighted by molar-refractivity contribution is -0.137. The summed E-state index contributed by atoms with van der Waals surface area (Å²) in [7, 11) is 0. The minimum Gasteiger partial charge on any atom is -0.490 e. The van der Waals surface area contributed by atoms with Crippen LogP contribution in [0.4, 0.5) is 13.2 Å². The zero-order valence-corrected chi connectivity index (χ0v) is 31.3. The second kappa shape index (κ2) is 15.8. The van der Waals surface area contributed by atoms with Gasteiger partial charge in [-0.3, -0.25) is 24.5 Å². The predicted molar refractivity (Wildman–Crippen MR) is 204 cm³/mol. The molecule has 0 N–H and O–H groups in total. The second-order valence-electron chi connectivity index (χ2n) is 14.3. The number of amides is 1. The van der Waals surface area contributed by atoms with Crippen LogP contribution in [0.2, 0.25) is 10.0 Å². The molecule has 0 bridgehead atoms. The average molecular weight is 764 g/mol. The molecule has 3 unspecified atom stereocenters. The quantitative estimate of drug-likeness (QED) is 0.170. The Hall–Kier alpha value is -3.89. The Kier molecular flexibility index (Phi) is 11.2. The molecule has 3 heterocycles. The van der Waals surface area contributed by atoms with Crippen LogP contribution in [-0.2, 0) is 6.18 Å². The van der Waals surface area contributed by atoms with E-state index in [9.17, 15) is 13.2 Å². The highest BCUT2D eigenvalue weighted by molar-refractivity contribution is 6.30. The molecule has 1 amide bonds. The zero-order chi connectivity index (χ0) is 37.3. The Morgan fingerprint density at radius 3 is 1.85 bits per heavy atom. The molecule has 3 atom stereocenters. The summed E-state index contributed by atoms with van der Waals surface area (Å²) < 4.78 is 48.0. The standard InChI is InChI=1S/C42H43Cl2F3N4O2/c1-27(2)53-36-26-32(42(45,46)47)16-21-35(36)39-48-37(28-12-17-33(43)18-13-28)38(29-14-19-34(44)20-15-29)51(39)41(52)31-10-8-30(9-11-31)40(50-24-6-7-25-50)49-22-4-3-5-23-49/h8-21,26-27,37-38,40H,3-7,22-25H2,1-2H3. The second-order valence-corrected chi connectivity index (χ2v) is 15.2. The SMILES string of the molecule is CC(C)Oc1cc(C(F)(F)F)ccc1C1=NC(c2ccc(Cl)cc2)C(c2ccc(Cl)cc2)N1C(=O)c1ccc(C(N2CCCCC2)N2CCCC2)cc1. The fourth-order valence-electron chi connectivity index (χ4n) is 7.84. The summed E-state index contributed by atoms with van der Waals surface area (Å²) >= 11 is 12.6. The number of halogens is 5. The first-order valence-electron chi connectivity index (χ1n) is 18.4. The topological polar surface area (TPSA) is 48.4 Å². The van der Waals surface area contributed by atoms with Crippen LogP contribution >= 0.6 is 23.2 Å². The smallest absolute Gasteiger partial charge is 0.416 e. The first-order valence-corrected chi connectivity index (χ1v) is 19.1. The molecule has 2 saturated heterocycles. The molecule has 3 aliphatic rings. The van der Waals surface area contributed by atoms with Crippen LogP contribution in [0.15, 0.2) is 96.0 Å². The maximum absolute atomic E-state index is 15.1. The van der Waals surface area contributed by atoms with Crippen LogP contribution in [0.5, 0.6) is 5.75 Å². The zero-order valence-electron chi connectivity index (χ0n) is 29.8. The third-order valence-electron chi connectivity index (χ3n) is 10.3. The molecule has 0 aromatic heterocycles. The van der Waals surface area contributed by atoms with Crippen LogP contribution in [0.25, 0.3) is 0 Å². The molecule has 6 nitrogen and oxygen atoms in total. The van der Waals surface area contributed by atoms with Crippen molar-refractivity contribution in [2.24, 2.45) is 4.99 Å². The number of rotatable bonds is 9. The van der Waals surface area contributed by atoms with Crippen molar-refractivity contribution < 1.29 is 22.7 Å². The number of aliphatic imine (C=N–C) groups is 1. The molecular formula is C42H43Cl2F3N4O2. The van der Waals surface area contributed by atoms with E-state index < -0.39 is 29.9 Å². The van der Waals surface area contributed by atoms with E-state index in [0.717, 1.165) is 55.0 Å². The Morgan fingerprint density at radius 1 is 0.755 bits per heavy atom. The van der Waals surface area contributed by atoms with Gasteiger partial charge in [-0.2, -0.15) is 13.2 Å². The molecule has 278 valence electrons. The van der Waals surface area contributed by atoms with Gasteiger partial charge in [-0.25, -0.2) is 0 Å². The van der Waals surface area contributed by atoms with Crippen LogP contribution < -0.4 is 4.74 Å². The first-order chi connectivity index (χ1) is 25.5. The third-order valence-corrected chi connectivity index (χ3v) is 10.8. The van der Waals surface area contributed by atoms with Crippen LogP contribution in [0, 0.1) is 0 Å². The molecule has 4 aromatic carbocycles. The number of alkyl halides is 3. The number of likely N-dealkylation sites (tertiary alicyclic amines) is 2. The summed E-state index contributed by atoms with van der Waals surface area (Å²) in [6.45, 7) is 7.65. The van der Waals surface area contributed by atoms with E-state index in [0.29, 0.717) is 15.6 Å². The number of nitrogens with zero attached hydrogens (tertiary/aromatic N) is 4. The lowest BCUT2D eigenvalue weighted by Gasteiger charge is -2.40. The van der Waals surface area contributed by atoms with Crippen LogP contribution in [-0.4, -0.2) is 58.7 Å². The fraction of sp³-hybridized carbons (Fsp3) is 0.381. The number of amidine groups is 1. The predicted octanol–water partition coefficient (Wildman–Crippen LogP) is 10.8. The number of ether oxygens (including phenoxy) is 1. The van der Waals surface area contributed by atoms with E-state index in [4.69, 9.17) is 32.9 Å². The lowest BCUT2D eigenvalue weighted by Crippen LogP contribution is -2.43. The van der Waals surface area contributed by atoms with Gasteiger partial charge in [-0.05, 0) is 137 Å². The summed E-state index contributed by atoms with van der Waals surface area (Å²) in [6.07, 6.45) is 1.03. The highest BCUT2D eigenvalue weighted by Crippen LogP contribution is 2.46. The van der Waals surface area contributed by atoms with Crippen molar-refractivity contribution in [2.45, 2.75) is 76.5 Å². The Labute approximate surface area is 319 Å². The summed E-state index contributed by atoms with van der Waals surface area (Å²) in [5.74, 6) is -0.132. The maximum atomic E-state index is 15.1. The Morgan fingerprint density at radius 2 is 1.30 bits per heavy atom. The van der Waals surface area contributed by atoms with Gasteiger partial charge in [0.2, 0.25) is 0 Å². The average Bonchev–Trinajstić information content (AvgIpc) is 3.81. The van der Waals surface area contributed by atoms with Gasteiger partial charge in [0.05, 0.1) is 29.4 Å². The van der Waals surface area contributed by atoms with Crippen molar-refractivity contribution >= 4 is 34.9 Å². The molecule has 0 radical (unpaired) electrons. The van der Waals surface area contributed by atoms with E-state index in [1.165, 1.54) is 38.2 Å². The van der Waals surface area contributed by atoms with Gasteiger partial charge in [0.15, 0.2) is 0 Å². The minimum atomic E-state index is -4.60. The normalized spacial score (nSPS) is 20.5. The maximum Gasteiger partial charge on any atom is 0.416 e. The highest BCUT2D eigenvalue weighted by atomic mass is 35.5. The molecular weight excluding hydrogens is 720 g/mol. The summed E-state index contributed by atoms with van der Waals surface area (Å²) in [5, 5.41) is 1.07. The number of carbonyl (C=O) groups excluding carboxylic acids is 1. The molecule has 3 aliphatic heterocycles. The number of piperidine rings is 1. The summed E-state index contributed by atoms with van der Waals surface area (Å²) in [4.78, 5) is 26.9. The monoisotopic (exact) mass is 762 g/mol. The Bertz CT molecular complexity index is 1920. The first kappa shape index (κ1) is 37.4. The van der Waals surface area contributed by atoms with Crippen molar-refractivity contribution in [3.63, 3.8) is 0 Å². The minimum absolute atomic E-state index is 0.0108. The number of carbonyl (C=O) groups is 1. The van der Waals surface area contributed by atoms with Crippen molar-refractivity contribution in [2.75, 3.05) is 26.2 Å². The van der Waals surface area contributed by atoms with Gasteiger partial charge in [-0.15, -0.1) is 0 Å². The van der Waals surface area contributed by atoms with Crippen LogP contribution in [0.1, 0.15) is 102 Å². The van der Waals surface area contributed by atoms with Crippen LogP contribution in [0.3, 0.4) is 0 Å². The van der Waals surface area contributed by atoms with Crippen molar-refractivity contribution in [3.8, 4) is 5.75 Å². The molecule has 53 heavy (non-hydrogen) atoms. The number of benzene rings is 4. The molecule has 0 aliphatic carbocycles. The van der Waals surface area contributed by atoms with Gasteiger partial charge in [0, 0.05) is 15.6 Å². The summed E-state index contributed by atoms with van der Waals surface area (Å²) in [6, 6.07) is 24.4. The molecule has 4 aromatic rings. The Balaban J connectivity index is 1.35. The molecule has 7 rings (SSSR count). The number of hydrogen-bond donors (Lipinski definition) is 0. The molecule has 11 heteroatoms. The van der Waals surface area contributed by atoms with Gasteiger partial charge in [0.1, 0.15) is 17.6 Å². The molecule has 0 saturated carbocycles. The van der Waals surface area contributed by atoms with Gasteiger partial charge < -0.3 is 4.74 Å². The van der Waals surface area contributed by atoms with E-state index >= 15 is 4.79 Å². The summed E-state index contributed by atoms with van der Waals surface area (Å²) in [5.41, 5.74) is 2.56. The largest absolute Gasteiger partial charge is 0.490 e. The fourth-order valence-corrected chi connectivity index (χ4v) is 8.09. The van der Waals surface area contributed by atoms with E-state index in [-0.39, 0.29) is 29.2 Å². The van der Waals surface area contributed by atoms with Gasteiger partial charge in [-0.1, -0.05) is 66.0 Å². The number of hydrogen-bond acceptors (Lipinski definition) is 5. The van der Waals surface area contributed by atoms with E-state index in [2.05, 4.69) is 21.9 Å². The highest BCUT2D eigenvalue weighted by Gasteiger charge is 2.44. The van der Waals surface area contributed by atoms with Crippen molar-refractivity contribution in [3.05, 3.63) is 134 Å². The van der Waals surface area contributed by atoms with Gasteiger partial charge >= 0.3 is 6.18 Å². The molecule has 0 spiro atoms. The molecule has 2 fully saturated rings. The van der Waals surface area contributed by atoms with E-state index in [1.54, 1.807) is 43.0 Å². The van der Waals surface area contributed by atoms with Gasteiger partial charge in [0.25, 0.3) is 5.91 Å². The third kappa shape index (κ3) is 8.14. The lowest BCUT2D eigenvalue weighted by atomic mass is 9.93. The van der Waals surface area contributed by atoms with Crippen molar-refractivity contribution in [1.29, 1.82) is 0 Å². The van der Waals surface area contributed by atoms with Crippen molar-refractivity contribution in [1.82, 2.24) is 14.7 Å². The van der Waals surface area contributed by atoms with E-state index in [1.807, 2.05) is 36.4 Å².